The van der Waals surface area contributed by atoms with Gasteiger partial charge in [0.15, 0.2) is 6.10 Å². The van der Waals surface area contributed by atoms with E-state index in [0.717, 1.165) is 11.3 Å². The van der Waals surface area contributed by atoms with Gasteiger partial charge >= 0.3 is 6.03 Å². The minimum Gasteiger partial charge on any atom is -0.390 e. The summed E-state index contributed by atoms with van der Waals surface area (Å²) < 4.78 is 13.0. The van der Waals surface area contributed by atoms with E-state index in [1.165, 1.54) is 12.1 Å². The van der Waals surface area contributed by atoms with Crippen LogP contribution in [0.1, 0.15) is 25.8 Å². The highest BCUT2D eigenvalue weighted by Crippen LogP contribution is 2.18. The summed E-state index contributed by atoms with van der Waals surface area (Å²) in [4.78, 5) is 19.2. The van der Waals surface area contributed by atoms with Gasteiger partial charge in [-0.3, -0.25) is 0 Å². The van der Waals surface area contributed by atoms with Crippen molar-refractivity contribution in [1.82, 2.24) is 10.2 Å². The highest BCUT2D eigenvalue weighted by Gasteiger charge is 2.26. The summed E-state index contributed by atoms with van der Waals surface area (Å²) in [5, 5.41) is 6.92. The van der Waals surface area contributed by atoms with Crippen molar-refractivity contribution in [3.63, 3.8) is 0 Å². The summed E-state index contributed by atoms with van der Waals surface area (Å²) in [6.45, 7) is 8.35. The monoisotopic (exact) mass is 319 g/mol. The van der Waals surface area contributed by atoms with Gasteiger partial charge in [-0.15, -0.1) is 6.58 Å². The molecule has 6 heteroatoms. The van der Waals surface area contributed by atoms with Crippen LogP contribution in [-0.4, -0.2) is 41.9 Å². The summed E-state index contributed by atoms with van der Waals surface area (Å²) in [5.41, 5.74) is 1.59. The van der Waals surface area contributed by atoms with E-state index >= 15 is 0 Å². The molecule has 0 saturated heterocycles. The quantitative estimate of drug-likeness (QED) is 0.820. The van der Waals surface area contributed by atoms with Gasteiger partial charge in [0.25, 0.3) is 0 Å². The zero-order valence-electron chi connectivity index (χ0n) is 13.5. The Morgan fingerprint density at radius 2 is 2.22 bits per heavy atom. The second kappa shape index (κ2) is 7.76. The number of carbonyl (C=O) groups is 1. The Balaban J connectivity index is 1.94. The number of carbonyl (C=O) groups excluding carboxylic acids is 1. The van der Waals surface area contributed by atoms with Crippen molar-refractivity contribution in [3.05, 3.63) is 48.3 Å². The molecule has 0 bridgehead atoms. The van der Waals surface area contributed by atoms with Crippen molar-refractivity contribution >= 4 is 11.7 Å². The Hall–Kier alpha value is -2.37. The van der Waals surface area contributed by atoms with E-state index in [4.69, 9.17) is 4.84 Å². The molecule has 0 spiro atoms. The zero-order valence-corrected chi connectivity index (χ0v) is 13.5. The Morgan fingerprint density at radius 3 is 2.83 bits per heavy atom. The van der Waals surface area contributed by atoms with E-state index in [2.05, 4.69) is 17.1 Å². The average Bonchev–Trinajstić information content (AvgIpc) is 2.95. The lowest BCUT2D eigenvalue weighted by Crippen LogP contribution is -2.46. The average molecular weight is 319 g/mol. The van der Waals surface area contributed by atoms with Crippen LogP contribution >= 0.6 is 0 Å². The second-order valence-corrected chi connectivity index (χ2v) is 5.77. The highest BCUT2D eigenvalue weighted by atomic mass is 19.1. The Kier molecular flexibility index (Phi) is 5.73. The van der Waals surface area contributed by atoms with E-state index in [1.54, 1.807) is 23.1 Å². The summed E-state index contributed by atoms with van der Waals surface area (Å²) in [5.74, 6) is -0.285. The van der Waals surface area contributed by atoms with Crippen molar-refractivity contribution in [1.29, 1.82) is 0 Å². The maximum absolute atomic E-state index is 13.0. The van der Waals surface area contributed by atoms with Crippen LogP contribution in [0.4, 0.5) is 9.18 Å². The minimum absolute atomic E-state index is 0.0605. The third kappa shape index (κ3) is 4.81. The first-order chi connectivity index (χ1) is 11.0. The van der Waals surface area contributed by atoms with Crippen LogP contribution in [0, 0.1) is 5.82 Å². The van der Waals surface area contributed by atoms with E-state index in [1.807, 2.05) is 13.8 Å². The molecule has 1 N–H and O–H groups in total. The maximum Gasteiger partial charge on any atom is 0.318 e. The summed E-state index contributed by atoms with van der Waals surface area (Å²) >= 11 is 0. The molecular formula is C17H22FN3O2. The van der Waals surface area contributed by atoms with Gasteiger partial charge in [-0.05, 0) is 31.5 Å². The molecule has 0 aliphatic carbocycles. The molecule has 0 aromatic heterocycles. The smallest absolute Gasteiger partial charge is 0.318 e. The van der Waals surface area contributed by atoms with Crippen LogP contribution in [0.5, 0.6) is 0 Å². The summed E-state index contributed by atoms with van der Waals surface area (Å²) in [7, 11) is 0. The van der Waals surface area contributed by atoms with Crippen LogP contribution in [0.15, 0.2) is 42.1 Å². The minimum atomic E-state index is -0.285. The van der Waals surface area contributed by atoms with E-state index in [-0.39, 0.29) is 24.0 Å². The fraction of sp³-hybridized carbons (Fsp3) is 0.412. The van der Waals surface area contributed by atoms with Crippen LogP contribution in [0.2, 0.25) is 0 Å². The summed E-state index contributed by atoms with van der Waals surface area (Å²) in [6.07, 6.45) is 2.04. The van der Waals surface area contributed by atoms with E-state index < -0.39 is 0 Å². The van der Waals surface area contributed by atoms with Crippen molar-refractivity contribution in [2.75, 3.05) is 13.1 Å². The molecule has 5 nitrogen and oxygen atoms in total. The molecule has 1 aliphatic rings. The van der Waals surface area contributed by atoms with Gasteiger partial charge < -0.3 is 15.1 Å². The molecule has 1 aliphatic heterocycles. The normalized spacial score (nSPS) is 16.7. The molecule has 1 aromatic rings. The maximum atomic E-state index is 13.0. The van der Waals surface area contributed by atoms with Gasteiger partial charge in [-0.25, -0.2) is 9.18 Å². The topological polar surface area (TPSA) is 53.9 Å². The molecule has 1 heterocycles. The molecule has 2 amide bonds. The molecule has 1 aromatic carbocycles. The molecule has 0 fully saturated rings. The first kappa shape index (κ1) is 17.0. The van der Waals surface area contributed by atoms with Crippen LogP contribution in [0.25, 0.3) is 0 Å². The fourth-order valence-electron chi connectivity index (χ4n) is 2.32. The molecule has 23 heavy (non-hydrogen) atoms. The first-order valence-electron chi connectivity index (χ1n) is 7.64. The number of nitrogens with one attached hydrogen (secondary N) is 1. The van der Waals surface area contributed by atoms with Gasteiger partial charge in [0, 0.05) is 19.0 Å². The van der Waals surface area contributed by atoms with Crippen molar-refractivity contribution in [2.45, 2.75) is 32.4 Å². The Morgan fingerprint density at radius 1 is 1.52 bits per heavy atom. The molecule has 0 saturated carbocycles. The number of benzene rings is 1. The molecule has 0 unspecified atom stereocenters. The van der Waals surface area contributed by atoms with Gasteiger partial charge in [0.05, 0.1) is 12.3 Å². The lowest BCUT2D eigenvalue weighted by atomic mass is 10.0. The Labute approximate surface area is 135 Å². The summed E-state index contributed by atoms with van der Waals surface area (Å²) in [6, 6.07) is 6.04. The van der Waals surface area contributed by atoms with Gasteiger partial charge in [-0.2, -0.15) is 0 Å². The number of oxime groups is 1. The Bertz CT molecular complexity index is 584. The number of hydrogen-bond donors (Lipinski definition) is 1. The van der Waals surface area contributed by atoms with Crippen LogP contribution in [-0.2, 0) is 4.84 Å². The SMILES string of the molecule is C=CCN(C[C@H]1CC(c2ccc(F)cc2)=NO1)C(=O)NC(C)C. The van der Waals surface area contributed by atoms with Crippen LogP contribution < -0.4 is 5.32 Å². The molecule has 1 atom stereocenters. The van der Waals surface area contributed by atoms with Crippen molar-refractivity contribution < 1.29 is 14.0 Å². The van der Waals surface area contributed by atoms with E-state index in [0.29, 0.717) is 19.5 Å². The molecule has 124 valence electrons. The highest BCUT2D eigenvalue weighted by molar-refractivity contribution is 6.01. The lowest BCUT2D eigenvalue weighted by molar-refractivity contribution is 0.0626. The number of rotatable bonds is 6. The zero-order chi connectivity index (χ0) is 16.8. The predicted octanol–water partition coefficient (Wildman–Crippen LogP) is 2.92. The van der Waals surface area contributed by atoms with E-state index in [9.17, 15) is 9.18 Å². The third-order valence-corrected chi connectivity index (χ3v) is 3.38. The largest absolute Gasteiger partial charge is 0.390 e. The molecule has 2 rings (SSSR count). The molecule has 0 radical (unpaired) electrons. The lowest BCUT2D eigenvalue weighted by Gasteiger charge is -2.24. The van der Waals surface area contributed by atoms with Crippen LogP contribution in [0.3, 0.4) is 0 Å². The number of nitrogens with zero attached hydrogens (tertiary/aromatic N) is 2. The van der Waals surface area contributed by atoms with Gasteiger partial charge in [-0.1, -0.05) is 23.4 Å². The second-order valence-electron chi connectivity index (χ2n) is 5.77. The molecular weight excluding hydrogens is 297 g/mol. The van der Waals surface area contributed by atoms with Gasteiger partial charge in [0.1, 0.15) is 5.82 Å². The standard InChI is InChI=1S/C17H22FN3O2/c1-4-9-21(17(22)19-12(2)3)11-15-10-16(20-23-15)13-5-7-14(18)8-6-13/h4-8,12,15H,1,9-11H2,2-3H3,(H,19,22)/t15-/m1/s1. The number of hydrogen-bond acceptors (Lipinski definition) is 3. The fourth-order valence-corrected chi connectivity index (χ4v) is 2.32. The number of urea groups is 1. The van der Waals surface area contributed by atoms with Gasteiger partial charge in [0.2, 0.25) is 0 Å². The third-order valence-electron chi connectivity index (χ3n) is 3.38. The van der Waals surface area contributed by atoms with Crippen molar-refractivity contribution in [2.24, 2.45) is 5.16 Å². The number of amides is 2. The van der Waals surface area contributed by atoms with Crippen molar-refractivity contribution in [3.8, 4) is 0 Å². The number of halogens is 1. The predicted molar refractivity (Wildman–Crippen MR) is 87.9 cm³/mol. The first-order valence-corrected chi connectivity index (χ1v) is 7.64.